The quantitative estimate of drug-likeness (QED) is 0.0195. The largest absolute Gasteiger partial charge is 0.756 e. The monoisotopic (exact) mass is 1310 g/mol. The summed E-state index contributed by atoms with van der Waals surface area (Å²) in [5.74, 6) is -0.809. The van der Waals surface area contributed by atoms with E-state index in [0.29, 0.717) is 17.4 Å². The highest BCUT2D eigenvalue weighted by atomic mass is 31.2. The van der Waals surface area contributed by atoms with E-state index >= 15 is 0 Å². The minimum Gasteiger partial charge on any atom is -0.756 e. The predicted molar refractivity (Wildman–Crippen MR) is 397 cm³/mol. The number of hydrogen-bond acceptors (Lipinski definition) is 8. The molecule has 540 valence electrons. The first kappa shape index (κ1) is 89.7. The number of phosphoric acid groups is 1. The summed E-state index contributed by atoms with van der Waals surface area (Å²) in [4.78, 5) is 38.2. The number of carbonyl (C=O) groups is 2. The number of allylic oxidation sites excluding steroid dienone is 10. The van der Waals surface area contributed by atoms with Crippen molar-refractivity contribution in [2.45, 2.75) is 405 Å². The molecule has 0 heterocycles. The van der Waals surface area contributed by atoms with Gasteiger partial charge >= 0.3 is 11.9 Å². The van der Waals surface area contributed by atoms with Gasteiger partial charge in [0.1, 0.15) is 19.8 Å². The predicted octanol–water partition coefficient (Wildman–Crippen LogP) is 25.9. The number of phosphoric ester groups is 1. The number of ether oxygens (including phenoxy) is 2. The smallest absolute Gasteiger partial charge is 0.306 e. The number of rotatable bonds is 75. The van der Waals surface area contributed by atoms with Crippen LogP contribution in [0.3, 0.4) is 0 Å². The number of hydrogen-bond donors (Lipinski definition) is 0. The molecule has 0 N–H and O–H groups in total. The maximum absolute atomic E-state index is 12.9. The number of unbranched alkanes of at least 4 members (excludes halogenated alkanes) is 51. The van der Waals surface area contributed by atoms with E-state index in [-0.39, 0.29) is 32.0 Å². The second-order valence-electron chi connectivity index (χ2n) is 28.4. The lowest BCUT2D eigenvalue weighted by Crippen LogP contribution is -2.37. The number of nitrogens with zero attached hydrogens (tertiary/aromatic N) is 1. The third kappa shape index (κ3) is 76.7. The summed E-state index contributed by atoms with van der Waals surface area (Å²) in [6.45, 7) is 4.20. The van der Waals surface area contributed by atoms with E-state index in [9.17, 15) is 19.0 Å². The van der Waals surface area contributed by atoms with Crippen molar-refractivity contribution >= 4 is 19.8 Å². The Morgan fingerprint density at radius 1 is 0.348 bits per heavy atom. The SMILES string of the molecule is CC/C=C\C/C=C\C/C=C\C/C=C\CCCCCCCCCCCCCCCCCCCCCCCCCCCCC(=O)OC(COC(=O)CCCCCCCCCCCCCCCCCCC/C=C\CCCCCCCCCC)COP(=O)([O-])OCC[N+](C)(C)C. The van der Waals surface area contributed by atoms with Crippen LogP contribution in [-0.4, -0.2) is 70.0 Å². The molecule has 92 heavy (non-hydrogen) atoms. The maximum atomic E-state index is 12.9. The van der Waals surface area contributed by atoms with Crippen molar-refractivity contribution in [3.8, 4) is 0 Å². The van der Waals surface area contributed by atoms with Crippen LogP contribution in [-0.2, 0) is 32.7 Å². The van der Waals surface area contributed by atoms with Crippen molar-refractivity contribution in [2.75, 3.05) is 47.5 Å². The molecule has 2 atom stereocenters. The Kier molecular flexibility index (Phi) is 71.2. The molecule has 0 aliphatic carbocycles. The molecule has 0 spiro atoms. The van der Waals surface area contributed by atoms with Crippen molar-refractivity contribution < 1.29 is 42.1 Å². The van der Waals surface area contributed by atoms with Gasteiger partial charge in [-0.1, -0.05) is 370 Å². The van der Waals surface area contributed by atoms with E-state index in [1.54, 1.807) is 0 Å². The first-order valence-corrected chi connectivity index (χ1v) is 41.5. The first-order valence-electron chi connectivity index (χ1n) is 40.0. The van der Waals surface area contributed by atoms with Crippen molar-refractivity contribution in [1.82, 2.24) is 0 Å². The van der Waals surface area contributed by atoms with Crippen LogP contribution in [0.4, 0.5) is 0 Å². The van der Waals surface area contributed by atoms with Gasteiger partial charge in [0, 0.05) is 12.8 Å². The Hall–Kier alpha value is -2.29. The molecule has 0 aromatic carbocycles. The van der Waals surface area contributed by atoms with Gasteiger partial charge in [0.25, 0.3) is 7.82 Å². The zero-order chi connectivity index (χ0) is 66.9. The van der Waals surface area contributed by atoms with Crippen LogP contribution in [0.2, 0.25) is 0 Å². The van der Waals surface area contributed by atoms with E-state index in [0.717, 1.165) is 57.8 Å². The van der Waals surface area contributed by atoms with Gasteiger partial charge in [-0.05, 0) is 77.0 Å². The molecule has 0 aromatic heterocycles. The molecule has 0 saturated heterocycles. The molecule has 0 aliphatic rings. The molecule has 0 radical (unpaired) electrons. The van der Waals surface area contributed by atoms with Gasteiger partial charge in [-0.2, -0.15) is 0 Å². The molecule has 2 unspecified atom stereocenters. The van der Waals surface area contributed by atoms with E-state index in [4.69, 9.17) is 18.5 Å². The van der Waals surface area contributed by atoms with Crippen molar-refractivity contribution in [3.05, 3.63) is 60.8 Å². The van der Waals surface area contributed by atoms with Crippen molar-refractivity contribution in [1.29, 1.82) is 0 Å². The summed E-state index contributed by atoms with van der Waals surface area (Å²) in [6, 6.07) is 0. The number of esters is 2. The summed E-state index contributed by atoms with van der Waals surface area (Å²) in [7, 11) is 1.19. The van der Waals surface area contributed by atoms with Crippen molar-refractivity contribution in [3.63, 3.8) is 0 Å². The number of carbonyl (C=O) groups excluding carboxylic acids is 2. The van der Waals surface area contributed by atoms with Gasteiger partial charge < -0.3 is 27.9 Å². The highest BCUT2D eigenvalue weighted by Gasteiger charge is 2.22. The fourth-order valence-electron chi connectivity index (χ4n) is 11.9. The molecule has 0 fully saturated rings. The summed E-state index contributed by atoms with van der Waals surface area (Å²) >= 11 is 0. The molecule has 0 aromatic rings. The summed E-state index contributed by atoms with van der Waals surface area (Å²) < 4.78 is 34.4. The lowest BCUT2D eigenvalue weighted by molar-refractivity contribution is -0.870. The Morgan fingerprint density at radius 2 is 0.620 bits per heavy atom. The van der Waals surface area contributed by atoms with Crippen LogP contribution in [0.5, 0.6) is 0 Å². The third-order valence-electron chi connectivity index (χ3n) is 18.0. The molecule has 0 saturated carbocycles. The second kappa shape index (κ2) is 73.0. The zero-order valence-corrected chi connectivity index (χ0v) is 62.7. The van der Waals surface area contributed by atoms with Crippen LogP contribution < -0.4 is 4.89 Å². The van der Waals surface area contributed by atoms with Crippen LogP contribution in [0, 0.1) is 0 Å². The topological polar surface area (TPSA) is 111 Å². The standard InChI is InChI=1S/C82H154NO8P/c1-6-8-10-12-14-16-18-20-22-24-26-28-30-32-34-36-37-38-39-40-41-42-43-44-45-47-49-51-53-55-57-59-61-63-65-67-69-71-73-75-82(85)91-80(79-90-92(86,87)89-77-76-83(3,4)5)78-88-81(84)74-72-70-68-66-64-62-60-58-56-54-52-50-48-46-35-33-31-29-27-25-23-21-19-17-15-13-11-9-7-2/h8,10,14,16,20,22,25-28,80H,6-7,9,11-13,15,17-19,21,23-24,29-79H2,1-5H3/b10-8-,16-14-,22-20-,27-25-,28-26-. The van der Waals surface area contributed by atoms with Crippen LogP contribution in [0.25, 0.3) is 0 Å². The minimum atomic E-state index is -4.64. The molecular weight excluding hydrogens is 1160 g/mol. The first-order chi connectivity index (χ1) is 45.0. The highest BCUT2D eigenvalue weighted by Crippen LogP contribution is 2.38. The normalized spacial score (nSPS) is 13.3. The Labute approximate surface area is 572 Å². The minimum absolute atomic E-state index is 0.0281. The Morgan fingerprint density at radius 3 is 0.935 bits per heavy atom. The fraction of sp³-hybridized carbons (Fsp3) is 0.854. The number of likely N-dealkylation sites (N-methyl/N-ethyl adjacent to an activating group) is 1. The molecule has 10 heteroatoms. The average molecular weight is 1310 g/mol. The van der Waals surface area contributed by atoms with E-state index < -0.39 is 26.5 Å². The summed E-state index contributed by atoms with van der Waals surface area (Å²) in [6.07, 6.45) is 97.8. The van der Waals surface area contributed by atoms with Gasteiger partial charge in [0.2, 0.25) is 0 Å². The Balaban J connectivity index is 3.90. The molecule has 0 rings (SSSR count). The molecule has 0 amide bonds. The Bertz CT molecular complexity index is 1740. The van der Waals surface area contributed by atoms with E-state index in [1.807, 2.05) is 21.1 Å². The van der Waals surface area contributed by atoms with Gasteiger partial charge in [0.05, 0.1) is 27.7 Å². The van der Waals surface area contributed by atoms with Gasteiger partial charge in [0.15, 0.2) is 6.10 Å². The van der Waals surface area contributed by atoms with Gasteiger partial charge in [-0.15, -0.1) is 0 Å². The zero-order valence-electron chi connectivity index (χ0n) is 61.8. The van der Waals surface area contributed by atoms with Crippen LogP contribution >= 0.6 is 7.82 Å². The highest BCUT2D eigenvalue weighted by molar-refractivity contribution is 7.45. The number of quaternary nitrogens is 1. The van der Waals surface area contributed by atoms with E-state index in [2.05, 4.69) is 74.6 Å². The summed E-state index contributed by atoms with van der Waals surface area (Å²) in [5, 5.41) is 0. The second-order valence-corrected chi connectivity index (χ2v) is 29.8. The van der Waals surface area contributed by atoms with Gasteiger partial charge in [-0.25, -0.2) is 0 Å². The summed E-state index contributed by atoms with van der Waals surface area (Å²) in [5.41, 5.74) is 0. The molecule has 0 aliphatic heterocycles. The van der Waals surface area contributed by atoms with Crippen LogP contribution in [0.15, 0.2) is 60.8 Å². The molecule has 9 nitrogen and oxygen atoms in total. The lowest BCUT2D eigenvalue weighted by atomic mass is 10.0. The molecule has 0 bridgehead atoms. The van der Waals surface area contributed by atoms with Gasteiger partial charge in [-0.3, -0.25) is 14.2 Å². The fourth-order valence-corrected chi connectivity index (χ4v) is 12.7. The van der Waals surface area contributed by atoms with Crippen LogP contribution in [0.1, 0.15) is 399 Å². The van der Waals surface area contributed by atoms with E-state index in [1.165, 1.54) is 308 Å². The average Bonchev–Trinajstić information content (AvgIpc) is 2.14. The van der Waals surface area contributed by atoms with Crippen molar-refractivity contribution in [2.24, 2.45) is 0 Å². The molecular formula is C82H154NO8P. The lowest BCUT2D eigenvalue weighted by Gasteiger charge is -2.28. The third-order valence-corrected chi connectivity index (χ3v) is 19.0. The maximum Gasteiger partial charge on any atom is 0.306 e.